The first-order valence-corrected chi connectivity index (χ1v) is 9.46. The number of carboxylic acids is 1. The fourth-order valence-corrected chi connectivity index (χ4v) is 4.19. The number of carboxylic acid groups (broad SMARTS) is 1. The van der Waals surface area contributed by atoms with Crippen LogP contribution in [0.2, 0.25) is 5.02 Å². The van der Waals surface area contributed by atoms with Gasteiger partial charge in [0.05, 0.1) is 16.6 Å². The van der Waals surface area contributed by atoms with Gasteiger partial charge < -0.3 is 5.11 Å². The number of hydrogen-bond acceptors (Lipinski definition) is 2. The van der Waals surface area contributed by atoms with Crippen LogP contribution in [0.4, 0.5) is 13.2 Å². The molecular formula is C19H16BrClF3NO2. The molecule has 0 amide bonds. The fourth-order valence-electron chi connectivity index (χ4n) is 3.55. The Morgan fingerprint density at radius 1 is 1.22 bits per heavy atom. The first kappa shape index (κ1) is 20.2. The van der Waals surface area contributed by atoms with E-state index >= 15 is 0 Å². The number of aliphatic carboxylic acids is 1. The Morgan fingerprint density at radius 3 is 2.56 bits per heavy atom. The van der Waals surface area contributed by atoms with E-state index in [1.54, 1.807) is 23.1 Å². The van der Waals surface area contributed by atoms with Gasteiger partial charge in [-0.2, -0.15) is 13.2 Å². The number of likely N-dealkylation sites (tertiary alicyclic amines) is 1. The highest BCUT2D eigenvalue weighted by Gasteiger charge is 2.39. The molecule has 2 aromatic carbocycles. The van der Waals surface area contributed by atoms with Crippen LogP contribution in [0.5, 0.6) is 0 Å². The maximum Gasteiger partial charge on any atom is 0.417 e. The second kappa shape index (κ2) is 7.81. The zero-order valence-corrected chi connectivity index (χ0v) is 16.4. The van der Waals surface area contributed by atoms with Crippen LogP contribution in [-0.2, 0) is 11.0 Å². The zero-order valence-electron chi connectivity index (χ0n) is 14.0. The van der Waals surface area contributed by atoms with Crippen LogP contribution in [0.3, 0.4) is 0 Å². The lowest BCUT2D eigenvalue weighted by Gasteiger charge is -2.32. The van der Waals surface area contributed by atoms with Gasteiger partial charge >= 0.3 is 12.1 Å². The molecule has 3 nitrogen and oxygen atoms in total. The highest BCUT2D eigenvalue weighted by molar-refractivity contribution is 9.10. The largest absolute Gasteiger partial charge is 0.480 e. The SMILES string of the molecule is O=C(O)C1CCCN1C(c1cccc(Br)c1)c1ccc(Cl)c(C(F)(F)F)c1. The molecule has 27 heavy (non-hydrogen) atoms. The molecule has 8 heteroatoms. The smallest absolute Gasteiger partial charge is 0.417 e. The molecule has 1 N–H and O–H groups in total. The number of hydrogen-bond donors (Lipinski definition) is 1. The van der Waals surface area contributed by atoms with E-state index in [4.69, 9.17) is 11.6 Å². The molecule has 0 aliphatic carbocycles. The molecule has 0 aromatic heterocycles. The lowest BCUT2D eigenvalue weighted by Crippen LogP contribution is -2.39. The standard InChI is InChI=1S/C19H16BrClF3NO2/c20-13-4-1-3-11(9-13)17(25-8-2-5-16(25)18(26)27)12-6-7-15(21)14(10-12)19(22,23)24/h1,3-4,6-7,9-10,16-17H,2,5,8H2,(H,26,27). The van der Waals surface area contributed by atoms with Crippen molar-refractivity contribution in [1.29, 1.82) is 0 Å². The molecule has 2 atom stereocenters. The van der Waals surface area contributed by atoms with Crippen molar-refractivity contribution in [2.45, 2.75) is 31.1 Å². The number of rotatable bonds is 4. The van der Waals surface area contributed by atoms with Crippen molar-refractivity contribution in [2.24, 2.45) is 0 Å². The summed E-state index contributed by atoms with van der Waals surface area (Å²) in [5.74, 6) is -0.975. The van der Waals surface area contributed by atoms with Crippen molar-refractivity contribution in [3.05, 3.63) is 68.7 Å². The predicted octanol–water partition coefficient (Wildman–Crippen LogP) is 5.76. The van der Waals surface area contributed by atoms with Crippen LogP contribution in [0.25, 0.3) is 0 Å². The topological polar surface area (TPSA) is 40.5 Å². The summed E-state index contributed by atoms with van der Waals surface area (Å²) in [6.07, 6.45) is -3.47. The summed E-state index contributed by atoms with van der Waals surface area (Å²) in [5.41, 5.74) is 0.152. The molecule has 0 bridgehead atoms. The van der Waals surface area contributed by atoms with Crippen molar-refractivity contribution in [1.82, 2.24) is 4.90 Å². The molecule has 144 valence electrons. The van der Waals surface area contributed by atoms with Crippen LogP contribution in [0.1, 0.15) is 35.6 Å². The van der Waals surface area contributed by atoms with E-state index in [1.807, 2.05) is 6.07 Å². The highest BCUT2D eigenvalue weighted by Crippen LogP contribution is 2.40. The number of benzene rings is 2. The summed E-state index contributed by atoms with van der Waals surface area (Å²) in [5, 5.41) is 9.18. The Balaban J connectivity index is 2.15. The van der Waals surface area contributed by atoms with Crippen LogP contribution in [-0.4, -0.2) is 28.6 Å². The molecule has 3 rings (SSSR count). The Hall–Kier alpha value is -1.57. The third-order valence-electron chi connectivity index (χ3n) is 4.69. The van der Waals surface area contributed by atoms with E-state index in [-0.39, 0.29) is 5.02 Å². The first-order valence-electron chi connectivity index (χ1n) is 8.29. The van der Waals surface area contributed by atoms with Gasteiger partial charge in [-0.3, -0.25) is 9.69 Å². The molecule has 0 radical (unpaired) electrons. The van der Waals surface area contributed by atoms with Gasteiger partial charge in [0.15, 0.2) is 0 Å². The van der Waals surface area contributed by atoms with E-state index < -0.39 is 29.8 Å². The average molecular weight is 463 g/mol. The van der Waals surface area contributed by atoms with Crippen molar-refractivity contribution in [3.63, 3.8) is 0 Å². The molecule has 1 aliphatic rings. The quantitative estimate of drug-likeness (QED) is 0.628. The van der Waals surface area contributed by atoms with Crippen LogP contribution < -0.4 is 0 Å². The minimum atomic E-state index is -4.59. The molecule has 2 unspecified atom stereocenters. The Labute approximate surface area is 167 Å². The summed E-state index contributed by atoms with van der Waals surface area (Å²) in [6, 6.07) is 9.56. The van der Waals surface area contributed by atoms with E-state index in [0.29, 0.717) is 30.5 Å². The molecule has 1 fully saturated rings. The van der Waals surface area contributed by atoms with E-state index in [0.717, 1.165) is 10.5 Å². The Bertz CT molecular complexity index is 859. The van der Waals surface area contributed by atoms with Gasteiger partial charge in [-0.05, 0) is 48.2 Å². The van der Waals surface area contributed by atoms with E-state index in [2.05, 4.69) is 15.9 Å². The predicted molar refractivity (Wildman–Crippen MR) is 99.8 cm³/mol. The number of nitrogens with zero attached hydrogens (tertiary/aromatic N) is 1. The molecule has 0 spiro atoms. The van der Waals surface area contributed by atoms with Crippen LogP contribution in [0, 0.1) is 0 Å². The maximum atomic E-state index is 13.3. The summed E-state index contributed by atoms with van der Waals surface area (Å²) in [4.78, 5) is 13.4. The molecule has 1 saturated heterocycles. The second-order valence-corrected chi connectivity index (χ2v) is 7.75. The monoisotopic (exact) mass is 461 g/mol. The van der Waals surface area contributed by atoms with Gasteiger partial charge in [0.1, 0.15) is 6.04 Å². The molecule has 1 aliphatic heterocycles. The van der Waals surface area contributed by atoms with Gasteiger partial charge in [0.2, 0.25) is 0 Å². The third-order valence-corrected chi connectivity index (χ3v) is 5.51. The number of halogens is 5. The lowest BCUT2D eigenvalue weighted by atomic mass is 9.94. The summed E-state index contributed by atoms with van der Waals surface area (Å²) in [6.45, 7) is 0.484. The normalized spacial score (nSPS) is 19.2. The lowest BCUT2D eigenvalue weighted by molar-refractivity contribution is -0.143. The minimum absolute atomic E-state index is 0.359. The van der Waals surface area contributed by atoms with Gasteiger partial charge in [0.25, 0.3) is 0 Å². The van der Waals surface area contributed by atoms with E-state index in [9.17, 15) is 23.1 Å². The van der Waals surface area contributed by atoms with Gasteiger partial charge in [0, 0.05) is 11.0 Å². The summed E-state index contributed by atoms with van der Waals surface area (Å²) in [7, 11) is 0. The first-order chi connectivity index (χ1) is 12.7. The maximum absolute atomic E-state index is 13.3. The van der Waals surface area contributed by atoms with Crippen LogP contribution >= 0.6 is 27.5 Å². The van der Waals surface area contributed by atoms with Crippen molar-refractivity contribution in [3.8, 4) is 0 Å². The molecule has 2 aromatic rings. The van der Waals surface area contributed by atoms with Gasteiger partial charge in [-0.25, -0.2) is 0 Å². The zero-order chi connectivity index (χ0) is 19.8. The van der Waals surface area contributed by atoms with Crippen molar-refractivity contribution >= 4 is 33.5 Å². The van der Waals surface area contributed by atoms with Crippen molar-refractivity contribution in [2.75, 3.05) is 6.54 Å². The van der Waals surface area contributed by atoms with Gasteiger partial charge in [-0.15, -0.1) is 0 Å². The summed E-state index contributed by atoms with van der Waals surface area (Å²) < 4.78 is 40.8. The average Bonchev–Trinajstić information content (AvgIpc) is 3.05. The Morgan fingerprint density at radius 2 is 1.93 bits per heavy atom. The molecular weight excluding hydrogens is 447 g/mol. The number of carbonyl (C=O) groups is 1. The van der Waals surface area contributed by atoms with E-state index in [1.165, 1.54) is 12.1 Å². The fraction of sp³-hybridized carbons (Fsp3) is 0.316. The van der Waals surface area contributed by atoms with Crippen molar-refractivity contribution < 1.29 is 23.1 Å². The molecule has 0 saturated carbocycles. The number of alkyl halides is 3. The van der Waals surface area contributed by atoms with Crippen LogP contribution in [0.15, 0.2) is 46.9 Å². The highest BCUT2D eigenvalue weighted by atomic mass is 79.9. The summed E-state index contributed by atoms with van der Waals surface area (Å²) >= 11 is 9.14. The Kier molecular flexibility index (Phi) is 5.84. The second-order valence-electron chi connectivity index (χ2n) is 6.43. The molecule has 1 heterocycles. The van der Waals surface area contributed by atoms with Gasteiger partial charge in [-0.1, -0.05) is 45.7 Å². The minimum Gasteiger partial charge on any atom is -0.480 e. The third kappa shape index (κ3) is 4.31.